The molecule has 0 aliphatic carbocycles. The molecule has 4 nitrogen and oxygen atoms in total. The number of esters is 1. The summed E-state index contributed by atoms with van der Waals surface area (Å²) in [6.07, 6.45) is 22.5. The topological polar surface area (TPSA) is 63.6 Å². The van der Waals surface area contributed by atoms with Crippen LogP contribution in [-0.4, -0.2) is 23.7 Å². The third kappa shape index (κ3) is 17.8. The van der Waals surface area contributed by atoms with Crippen molar-refractivity contribution in [3.05, 3.63) is 24.8 Å². The molecular weight excluding hydrogens is 352 g/mol. The second-order valence-corrected chi connectivity index (χ2v) is 7.59. The lowest BCUT2D eigenvalue weighted by atomic mass is 9.98. The zero-order chi connectivity index (χ0) is 20.9. The van der Waals surface area contributed by atoms with Crippen LogP contribution < -0.4 is 0 Å². The van der Waals surface area contributed by atoms with E-state index in [1.54, 1.807) is 0 Å². The lowest BCUT2D eigenvalue weighted by molar-refractivity contribution is -0.152. The quantitative estimate of drug-likeness (QED) is 0.139. The Kier molecular flexibility index (Phi) is 19.0. The molecule has 0 aromatic rings. The highest BCUT2D eigenvalue weighted by Crippen LogP contribution is 2.16. The molecule has 162 valence electrons. The minimum atomic E-state index is -0.957. The maximum absolute atomic E-state index is 11.9. The fourth-order valence-electron chi connectivity index (χ4n) is 3.23. The number of rotatable bonds is 20. The van der Waals surface area contributed by atoms with Crippen molar-refractivity contribution in [2.24, 2.45) is 5.92 Å². The predicted octanol–water partition coefficient (Wildman–Crippen LogP) is 6.84. The van der Waals surface area contributed by atoms with E-state index in [9.17, 15) is 9.59 Å². The molecule has 0 saturated carbocycles. The van der Waals surface area contributed by atoms with Crippen molar-refractivity contribution in [2.45, 2.75) is 103 Å². The minimum Gasteiger partial charge on any atom is -0.481 e. The Bertz CT molecular complexity index is 428. The molecule has 0 spiro atoms. The summed E-state index contributed by atoms with van der Waals surface area (Å²) in [7, 11) is 0. The molecule has 0 aromatic carbocycles. The van der Waals surface area contributed by atoms with E-state index >= 15 is 0 Å². The molecular formula is C24H42O4. The molecule has 0 aromatic heterocycles. The van der Waals surface area contributed by atoms with Gasteiger partial charge in [-0.25, -0.2) is 0 Å². The highest BCUT2D eigenvalue weighted by molar-refractivity contribution is 5.79. The van der Waals surface area contributed by atoms with Gasteiger partial charge in [-0.2, -0.15) is 0 Å². The summed E-state index contributed by atoms with van der Waals surface area (Å²) < 4.78 is 4.99. The summed E-state index contributed by atoms with van der Waals surface area (Å²) in [4.78, 5) is 22.8. The largest absolute Gasteiger partial charge is 0.481 e. The molecule has 1 atom stereocenters. The number of aliphatic carboxylic acids is 1. The Hall–Kier alpha value is -1.58. The molecule has 0 amide bonds. The van der Waals surface area contributed by atoms with Crippen LogP contribution in [0.2, 0.25) is 0 Å². The SMILES string of the molecule is C=CCOC(=O)C(CCCC/C=C/CCCCCCCCCCC)CC(=O)O. The highest BCUT2D eigenvalue weighted by Gasteiger charge is 2.22. The van der Waals surface area contributed by atoms with Crippen molar-refractivity contribution in [2.75, 3.05) is 6.61 Å². The lowest BCUT2D eigenvalue weighted by Crippen LogP contribution is -2.21. The number of allylic oxidation sites excluding steroid dienone is 2. The third-order valence-electron chi connectivity index (χ3n) is 4.91. The van der Waals surface area contributed by atoms with Crippen LogP contribution >= 0.6 is 0 Å². The Morgan fingerprint density at radius 3 is 1.96 bits per heavy atom. The van der Waals surface area contributed by atoms with Crippen LogP contribution in [0.5, 0.6) is 0 Å². The molecule has 0 heterocycles. The van der Waals surface area contributed by atoms with Crippen LogP contribution in [0, 0.1) is 5.92 Å². The van der Waals surface area contributed by atoms with Gasteiger partial charge in [0, 0.05) is 0 Å². The number of carbonyl (C=O) groups is 2. The zero-order valence-corrected chi connectivity index (χ0v) is 18.0. The maximum atomic E-state index is 11.9. The number of hydrogen-bond donors (Lipinski definition) is 1. The molecule has 0 bridgehead atoms. The third-order valence-corrected chi connectivity index (χ3v) is 4.91. The van der Waals surface area contributed by atoms with Crippen LogP contribution in [0.25, 0.3) is 0 Å². The van der Waals surface area contributed by atoms with Crippen LogP contribution in [0.3, 0.4) is 0 Å². The van der Waals surface area contributed by atoms with Gasteiger partial charge < -0.3 is 9.84 Å². The van der Waals surface area contributed by atoms with E-state index in [1.165, 1.54) is 63.9 Å². The van der Waals surface area contributed by atoms with Crippen LogP contribution in [0.1, 0.15) is 103 Å². The first-order chi connectivity index (χ1) is 13.6. The van der Waals surface area contributed by atoms with E-state index < -0.39 is 17.9 Å². The van der Waals surface area contributed by atoms with E-state index in [1.807, 2.05) is 0 Å². The van der Waals surface area contributed by atoms with Gasteiger partial charge in [0.1, 0.15) is 6.61 Å². The van der Waals surface area contributed by atoms with Gasteiger partial charge in [0.05, 0.1) is 12.3 Å². The highest BCUT2D eigenvalue weighted by atomic mass is 16.5. The molecule has 1 unspecified atom stereocenters. The Labute approximate surface area is 172 Å². The van der Waals surface area contributed by atoms with E-state index in [0.717, 1.165) is 25.7 Å². The molecule has 0 aliphatic rings. The molecule has 0 saturated heterocycles. The van der Waals surface area contributed by atoms with Crippen molar-refractivity contribution in [1.82, 2.24) is 0 Å². The smallest absolute Gasteiger partial charge is 0.309 e. The van der Waals surface area contributed by atoms with Crippen LogP contribution in [0.4, 0.5) is 0 Å². The van der Waals surface area contributed by atoms with Gasteiger partial charge in [0.2, 0.25) is 0 Å². The molecule has 0 fully saturated rings. The van der Waals surface area contributed by atoms with Crippen molar-refractivity contribution in [3.63, 3.8) is 0 Å². The number of unbranched alkanes of at least 4 members (excludes halogenated alkanes) is 11. The minimum absolute atomic E-state index is 0.135. The van der Waals surface area contributed by atoms with Gasteiger partial charge in [-0.3, -0.25) is 9.59 Å². The summed E-state index contributed by atoms with van der Waals surface area (Å²) >= 11 is 0. The predicted molar refractivity (Wildman–Crippen MR) is 116 cm³/mol. The first-order valence-electron chi connectivity index (χ1n) is 11.3. The number of carbonyl (C=O) groups excluding carboxylic acids is 1. The normalized spacial score (nSPS) is 12.2. The fourth-order valence-corrected chi connectivity index (χ4v) is 3.23. The lowest BCUT2D eigenvalue weighted by Gasteiger charge is -2.13. The van der Waals surface area contributed by atoms with Crippen molar-refractivity contribution < 1.29 is 19.4 Å². The van der Waals surface area contributed by atoms with Crippen molar-refractivity contribution in [1.29, 1.82) is 0 Å². The number of ether oxygens (including phenoxy) is 1. The molecule has 0 radical (unpaired) electrons. The summed E-state index contributed by atoms with van der Waals surface area (Å²) in [5.41, 5.74) is 0. The first kappa shape index (κ1) is 26.4. The average Bonchev–Trinajstić information content (AvgIpc) is 2.67. The van der Waals surface area contributed by atoms with Gasteiger partial charge in [-0.15, -0.1) is 0 Å². The van der Waals surface area contributed by atoms with Crippen LogP contribution in [-0.2, 0) is 14.3 Å². The fraction of sp³-hybridized carbons (Fsp3) is 0.750. The number of carboxylic acid groups (broad SMARTS) is 1. The first-order valence-corrected chi connectivity index (χ1v) is 11.3. The zero-order valence-electron chi connectivity index (χ0n) is 18.0. The maximum Gasteiger partial charge on any atom is 0.309 e. The second kappa shape index (κ2) is 20.2. The van der Waals surface area contributed by atoms with Gasteiger partial charge >= 0.3 is 11.9 Å². The van der Waals surface area contributed by atoms with Crippen LogP contribution in [0.15, 0.2) is 24.8 Å². The Balaban J connectivity index is 3.63. The molecule has 0 rings (SSSR count). The van der Waals surface area contributed by atoms with E-state index in [2.05, 4.69) is 25.7 Å². The summed E-state index contributed by atoms with van der Waals surface area (Å²) in [6.45, 7) is 5.89. The average molecular weight is 395 g/mol. The summed E-state index contributed by atoms with van der Waals surface area (Å²) in [5, 5.41) is 8.94. The Morgan fingerprint density at radius 1 is 0.893 bits per heavy atom. The van der Waals surface area contributed by atoms with Gasteiger partial charge in [-0.05, 0) is 32.1 Å². The van der Waals surface area contributed by atoms with Gasteiger partial charge in [0.25, 0.3) is 0 Å². The molecule has 28 heavy (non-hydrogen) atoms. The van der Waals surface area contributed by atoms with Gasteiger partial charge in [-0.1, -0.05) is 89.5 Å². The monoisotopic (exact) mass is 394 g/mol. The van der Waals surface area contributed by atoms with E-state index in [-0.39, 0.29) is 13.0 Å². The number of hydrogen-bond acceptors (Lipinski definition) is 3. The number of carboxylic acids is 1. The van der Waals surface area contributed by atoms with E-state index in [4.69, 9.17) is 9.84 Å². The second-order valence-electron chi connectivity index (χ2n) is 7.59. The van der Waals surface area contributed by atoms with Crippen molar-refractivity contribution >= 4 is 11.9 Å². The Morgan fingerprint density at radius 2 is 1.43 bits per heavy atom. The van der Waals surface area contributed by atoms with E-state index in [0.29, 0.717) is 6.42 Å². The van der Waals surface area contributed by atoms with Gasteiger partial charge in [0.15, 0.2) is 0 Å². The summed E-state index contributed by atoms with van der Waals surface area (Å²) in [5.74, 6) is -1.94. The standard InChI is InChI=1S/C24H42O4/c1-3-5-6-7-8-9-10-11-12-13-14-15-16-17-18-19-22(21-23(25)26)24(27)28-20-4-2/h4,14-15,22H,2-3,5-13,16-21H2,1H3,(H,25,26)/b15-14+. The molecule has 1 N–H and O–H groups in total. The molecule has 0 aliphatic heterocycles. The molecule has 4 heteroatoms. The summed E-state index contributed by atoms with van der Waals surface area (Å²) in [6, 6.07) is 0. The van der Waals surface area contributed by atoms with Crippen molar-refractivity contribution in [3.8, 4) is 0 Å².